The number of carbonyl (C=O) groups is 1. The van der Waals surface area contributed by atoms with Crippen LogP contribution in [0.5, 0.6) is 5.88 Å². The van der Waals surface area contributed by atoms with Crippen LogP contribution in [0.3, 0.4) is 0 Å². The maximum absolute atomic E-state index is 14.8. The lowest BCUT2D eigenvalue weighted by molar-refractivity contribution is 0.0590. The summed E-state index contributed by atoms with van der Waals surface area (Å²) in [4.78, 5) is 26.9. The first-order chi connectivity index (χ1) is 17.2. The zero-order chi connectivity index (χ0) is 25.4. The maximum Gasteiger partial charge on any atom is 0.255 e. The van der Waals surface area contributed by atoms with Gasteiger partial charge in [-0.3, -0.25) is 9.78 Å². The number of carbonyl (C=O) groups excluding carboxylic acids is 1. The van der Waals surface area contributed by atoms with Crippen molar-refractivity contribution in [1.82, 2.24) is 29.6 Å². The lowest BCUT2D eigenvalue weighted by atomic mass is 10.1. The Balaban J connectivity index is 1.32. The summed E-state index contributed by atoms with van der Waals surface area (Å²) in [6.07, 6.45) is 8.00. The molecule has 4 aromatic rings. The molecule has 0 saturated carbocycles. The van der Waals surface area contributed by atoms with Crippen LogP contribution in [0.15, 0.2) is 58.6 Å². The van der Waals surface area contributed by atoms with E-state index in [1.165, 1.54) is 29.3 Å². The third-order valence-corrected chi connectivity index (χ3v) is 7.41. The molecule has 1 aliphatic heterocycles. The molecular weight excluding hydrogens is 555 g/mol. The van der Waals surface area contributed by atoms with Crippen molar-refractivity contribution >= 4 is 42.7 Å². The Labute approximate surface area is 214 Å². The Morgan fingerprint density at radius 1 is 1.14 bits per heavy atom. The number of hydrogen-bond donors (Lipinski definition) is 0. The normalized spacial score (nSPS) is 14.8. The van der Waals surface area contributed by atoms with E-state index in [9.17, 15) is 17.6 Å². The van der Waals surface area contributed by atoms with Gasteiger partial charge in [-0.05, 0) is 40.2 Å². The minimum atomic E-state index is -3.55. The standard InChI is InChI=1S/C23H20BrFN6O4S/c1-36(33,34)17-2-3-20(19(25)9-17)31-21-18(12-29-31)22(28-13-27-21)35-16-4-6-30(7-5-16)23(32)14-8-15(24)11-26-10-14/h2-3,8-13,16H,4-7H2,1H3. The van der Waals surface area contributed by atoms with Gasteiger partial charge in [-0.25, -0.2) is 27.5 Å². The second kappa shape index (κ2) is 9.54. The van der Waals surface area contributed by atoms with Crippen molar-refractivity contribution in [1.29, 1.82) is 0 Å². The second-order valence-electron chi connectivity index (χ2n) is 8.36. The van der Waals surface area contributed by atoms with E-state index in [0.717, 1.165) is 16.8 Å². The summed E-state index contributed by atoms with van der Waals surface area (Å²) in [6, 6.07) is 5.36. The number of fused-ring (bicyclic) bond motifs is 1. The molecule has 4 heterocycles. The molecule has 0 N–H and O–H groups in total. The number of amides is 1. The highest BCUT2D eigenvalue weighted by molar-refractivity contribution is 9.10. The molecule has 1 fully saturated rings. The number of piperidine rings is 1. The number of ether oxygens (including phenoxy) is 1. The number of sulfone groups is 1. The first-order valence-electron chi connectivity index (χ1n) is 11.0. The van der Waals surface area contributed by atoms with Gasteiger partial charge in [0.15, 0.2) is 15.5 Å². The molecule has 36 heavy (non-hydrogen) atoms. The third kappa shape index (κ3) is 4.80. The van der Waals surface area contributed by atoms with Crippen LogP contribution < -0.4 is 4.74 Å². The summed E-state index contributed by atoms with van der Waals surface area (Å²) in [5.74, 6) is -0.529. The quantitative estimate of drug-likeness (QED) is 0.356. The number of likely N-dealkylation sites (tertiary alicyclic amines) is 1. The third-order valence-electron chi connectivity index (χ3n) is 5.86. The van der Waals surface area contributed by atoms with Crippen molar-refractivity contribution in [3.63, 3.8) is 0 Å². The van der Waals surface area contributed by atoms with Gasteiger partial charge in [0.2, 0.25) is 5.88 Å². The Bertz CT molecular complexity index is 1570. The lowest BCUT2D eigenvalue weighted by Crippen LogP contribution is -2.41. The van der Waals surface area contributed by atoms with E-state index in [1.54, 1.807) is 23.4 Å². The summed E-state index contributed by atoms with van der Waals surface area (Å²) in [6.45, 7) is 1.03. The van der Waals surface area contributed by atoms with E-state index in [1.807, 2.05) is 0 Å². The molecule has 3 aromatic heterocycles. The van der Waals surface area contributed by atoms with E-state index >= 15 is 0 Å². The van der Waals surface area contributed by atoms with E-state index < -0.39 is 15.7 Å². The van der Waals surface area contributed by atoms with Crippen molar-refractivity contribution in [2.75, 3.05) is 19.3 Å². The van der Waals surface area contributed by atoms with E-state index in [4.69, 9.17) is 4.74 Å². The molecule has 186 valence electrons. The number of rotatable bonds is 5. The maximum atomic E-state index is 14.8. The van der Waals surface area contributed by atoms with Gasteiger partial charge in [-0.2, -0.15) is 5.10 Å². The fourth-order valence-corrected chi connectivity index (χ4v) is 5.03. The smallest absolute Gasteiger partial charge is 0.255 e. The number of benzene rings is 1. The van der Waals surface area contributed by atoms with E-state index in [-0.39, 0.29) is 22.6 Å². The van der Waals surface area contributed by atoms with Gasteiger partial charge >= 0.3 is 0 Å². The van der Waals surface area contributed by atoms with Gasteiger partial charge in [0, 0.05) is 49.1 Å². The van der Waals surface area contributed by atoms with Crippen LogP contribution in [0.1, 0.15) is 23.2 Å². The second-order valence-corrected chi connectivity index (χ2v) is 11.3. The monoisotopic (exact) mass is 574 g/mol. The number of hydrogen-bond acceptors (Lipinski definition) is 8. The number of nitrogens with zero attached hydrogens (tertiary/aromatic N) is 6. The fraction of sp³-hybridized carbons (Fsp3) is 0.261. The first-order valence-corrected chi connectivity index (χ1v) is 13.6. The van der Waals surface area contributed by atoms with Crippen LogP contribution in [0, 0.1) is 5.82 Å². The van der Waals surface area contributed by atoms with Crippen molar-refractivity contribution in [3.8, 4) is 11.6 Å². The zero-order valence-corrected chi connectivity index (χ0v) is 21.4. The number of aromatic nitrogens is 5. The van der Waals surface area contributed by atoms with Crippen LogP contribution >= 0.6 is 15.9 Å². The molecule has 0 unspecified atom stereocenters. The SMILES string of the molecule is CS(=O)(=O)c1ccc(-n2ncc3c(OC4CCN(C(=O)c5cncc(Br)c5)CC4)ncnc32)c(F)c1. The summed E-state index contributed by atoms with van der Waals surface area (Å²) in [5.41, 5.74) is 0.891. The molecule has 0 atom stereocenters. The summed E-state index contributed by atoms with van der Waals surface area (Å²) >= 11 is 3.34. The Morgan fingerprint density at radius 3 is 2.61 bits per heavy atom. The Morgan fingerprint density at radius 2 is 1.92 bits per heavy atom. The van der Waals surface area contributed by atoms with Crippen molar-refractivity contribution in [2.45, 2.75) is 23.8 Å². The molecule has 0 aliphatic carbocycles. The summed E-state index contributed by atoms with van der Waals surface area (Å²) < 4.78 is 46.3. The number of halogens is 2. The minimum absolute atomic E-state index is 0.0518. The van der Waals surface area contributed by atoms with Crippen LogP contribution in [0.4, 0.5) is 4.39 Å². The van der Waals surface area contributed by atoms with Gasteiger partial charge in [0.05, 0.1) is 16.7 Å². The van der Waals surface area contributed by atoms with Crippen molar-refractivity contribution < 1.29 is 22.3 Å². The topological polar surface area (TPSA) is 120 Å². The van der Waals surface area contributed by atoms with Gasteiger partial charge in [-0.1, -0.05) is 0 Å². The van der Waals surface area contributed by atoms with Gasteiger partial charge in [0.1, 0.15) is 29.3 Å². The fourth-order valence-electron chi connectivity index (χ4n) is 4.03. The molecule has 10 nitrogen and oxygen atoms in total. The number of pyridine rings is 1. The molecule has 0 bridgehead atoms. The predicted octanol–water partition coefficient (Wildman–Crippen LogP) is 3.20. The van der Waals surface area contributed by atoms with E-state index in [0.29, 0.717) is 48.4 Å². The molecule has 5 rings (SSSR count). The Hall–Kier alpha value is -3.45. The average Bonchev–Trinajstić information content (AvgIpc) is 3.28. The average molecular weight is 575 g/mol. The van der Waals surface area contributed by atoms with Crippen LogP contribution in [0.2, 0.25) is 0 Å². The predicted molar refractivity (Wildman–Crippen MR) is 131 cm³/mol. The highest BCUT2D eigenvalue weighted by Crippen LogP contribution is 2.28. The largest absolute Gasteiger partial charge is 0.474 e. The molecule has 0 spiro atoms. The molecule has 1 aliphatic rings. The lowest BCUT2D eigenvalue weighted by Gasteiger charge is -2.32. The molecule has 0 radical (unpaired) electrons. The molecule has 1 aromatic carbocycles. The highest BCUT2D eigenvalue weighted by Gasteiger charge is 2.26. The van der Waals surface area contributed by atoms with Gasteiger partial charge in [0.25, 0.3) is 5.91 Å². The van der Waals surface area contributed by atoms with Crippen LogP contribution in [-0.2, 0) is 9.84 Å². The molecular formula is C23H20BrFN6O4S. The zero-order valence-electron chi connectivity index (χ0n) is 19.0. The first kappa shape index (κ1) is 24.3. The summed E-state index contributed by atoms with van der Waals surface area (Å²) in [7, 11) is -3.55. The van der Waals surface area contributed by atoms with E-state index in [2.05, 4.69) is 36.0 Å². The van der Waals surface area contributed by atoms with Crippen molar-refractivity contribution in [2.24, 2.45) is 0 Å². The van der Waals surface area contributed by atoms with Gasteiger partial charge in [-0.15, -0.1) is 0 Å². The Kier molecular flexibility index (Phi) is 6.43. The molecule has 1 amide bonds. The van der Waals surface area contributed by atoms with Crippen LogP contribution in [0.25, 0.3) is 16.7 Å². The van der Waals surface area contributed by atoms with Gasteiger partial charge < -0.3 is 9.64 Å². The highest BCUT2D eigenvalue weighted by atomic mass is 79.9. The van der Waals surface area contributed by atoms with Crippen molar-refractivity contribution in [3.05, 3.63) is 65.0 Å². The molecule has 1 saturated heterocycles. The minimum Gasteiger partial charge on any atom is -0.474 e. The van der Waals surface area contributed by atoms with Crippen LogP contribution in [-0.4, -0.2) is 69.4 Å². The summed E-state index contributed by atoms with van der Waals surface area (Å²) in [5, 5.41) is 4.72. The molecule has 13 heteroatoms.